The fraction of sp³-hybridized carbons (Fsp3) is 0.421. The summed E-state index contributed by atoms with van der Waals surface area (Å²) in [4.78, 5) is 27.3. The lowest BCUT2D eigenvalue weighted by Gasteiger charge is -2.27. The number of carbonyl (C=O) groups is 2. The molecule has 1 aromatic carbocycles. The van der Waals surface area contributed by atoms with Crippen molar-refractivity contribution < 1.29 is 14.3 Å². The number of carbonyl (C=O) groups excluding carboxylic acids is 2. The Hall–Kier alpha value is -2.67. The van der Waals surface area contributed by atoms with E-state index in [4.69, 9.17) is 4.74 Å². The molecule has 2 heterocycles. The largest absolute Gasteiger partial charge is 0.378 e. The zero-order valence-corrected chi connectivity index (χ0v) is 15.4. The number of hydrogen-bond acceptors (Lipinski definition) is 4. The number of nitrogens with zero attached hydrogens (tertiary/aromatic N) is 3. The van der Waals surface area contributed by atoms with Crippen LogP contribution in [0.15, 0.2) is 24.4 Å². The van der Waals surface area contributed by atoms with Crippen LogP contribution in [-0.2, 0) is 11.3 Å². The summed E-state index contributed by atoms with van der Waals surface area (Å²) in [5.74, 6) is -0.386. The molecule has 1 aromatic heterocycles. The second kappa shape index (κ2) is 7.70. The summed E-state index contributed by atoms with van der Waals surface area (Å²) in [5, 5.41) is 7.10. The third kappa shape index (κ3) is 3.62. The number of amides is 2. The molecule has 26 heavy (non-hydrogen) atoms. The fourth-order valence-electron chi connectivity index (χ4n) is 2.94. The lowest BCUT2D eigenvalue weighted by molar-refractivity contribution is 0.0295. The molecule has 0 radical (unpaired) electrons. The molecule has 0 unspecified atom stereocenters. The molecule has 0 bridgehead atoms. The minimum absolute atomic E-state index is 0.136. The Balaban J connectivity index is 1.85. The number of morpholine rings is 1. The highest BCUT2D eigenvalue weighted by Crippen LogP contribution is 2.20. The number of benzene rings is 1. The standard InChI is InChI=1S/C19H24N4O3/c1-4-23-17(19(25)22-7-9-26-10-8-22)16(12-20-23)21-18(24)15-6-5-13(2)14(3)11-15/h5-6,11-12H,4,7-10H2,1-3H3,(H,21,24). The van der Waals surface area contributed by atoms with Crippen molar-refractivity contribution in [1.29, 1.82) is 0 Å². The summed E-state index contributed by atoms with van der Waals surface area (Å²) in [6.45, 7) is 8.56. The topological polar surface area (TPSA) is 76.5 Å². The molecule has 7 nitrogen and oxygen atoms in total. The average molecular weight is 356 g/mol. The van der Waals surface area contributed by atoms with E-state index in [9.17, 15) is 9.59 Å². The minimum atomic E-state index is -0.250. The van der Waals surface area contributed by atoms with E-state index in [-0.39, 0.29) is 11.8 Å². The second-order valence-electron chi connectivity index (χ2n) is 6.38. The molecule has 0 spiro atoms. The van der Waals surface area contributed by atoms with Gasteiger partial charge in [-0.1, -0.05) is 6.07 Å². The Labute approximate surface area is 152 Å². The van der Waals surface area contributed by atoms with E-state index >= 15 is 0 Å². The first-order valence-corrected chi connectivity index (χ1v) is 8.82. The smallest absolute Gasteiger partial charge is 0.274 e. The van der Waals surface area contributed by atoms with Crippen molar-refractivity contribution in [2.45, 2.75) is 27.3 Å². The monoisotopic (exact) mass is 356 g/mol. The van der Waals surface area contributed by atoms with Crippen molar-refractivity contribution in [2.75, 3.05) is 31.6 Å². The van der Waals surface area contributed by atoms with Gasteiger partial charge in [0.15, 0.2) is 0 Å². The van der Waals surface area contributed by atoms with Crippen LogP contribution in [0.3, 0.4) is 0 Å². The van der Waals surface area contributed by atoms with Crippen LogP contribution in [0, 0.1) is 13.8 Å². The van der Waals surface area contributed by atoms with Crippen molar-refractivity contribution in [3.05, 3.63) is 46.8 Å². The van der Waals surface area contributed by atoms with Gasteiger partial charge < -0.3 is 15.0 Å². The number of hydrogen-bond donors (Lipinski definition) is 1. The van der Waals surface area contributed by atoms with Gasteiger partial charge in [-0.25, -0.2) is 0 Å². The molecule has 2 aromatic rings. The number of rotatable bonds is 4. The first-order chi connectivity index (χ1) is 12.5. The lowest BCUT2D eigenvalue weighted by atomic mass is 10.1. The molecule has 1 aliphatic heterocycles. The van der Waals surface area contributed by atoms with E-state index in [0.717, 1.165) is 11.1 Å². The predicted molar refractivity (Wildman–Crippen MR) is 98.5 cm³/mol. The average Bonchev–Trinajstić information content (AvgIpc) is 3.06. The molecule has 2 amide bonds. The van der Waals surface area contributed by atoms with Gasteiger partial charge in [0.25, 0.3) is 11.8 Å². The molecule has 1 fully saturated rings. The molecule has 0 atom stereocenters. The normalized spacial score (nSPS) is 14.3. The second-order valence-corrected chi connectivity index (χ2v) is 6.38. The summed E-state index contributed by atoms with van der Waals surface area (Å²) < 4.78 is 6.93. The molecular weight excluding hydrogens is 332 g/mol. The fourth-order valence-corrected chi connectivity index (χ4v) is 2.94. The van der Waals surface area contributed by atoms with Crippen molar-refractivity contribution >= 4 is 17.5 Å². The van der Waals surface area contributed by atoms with Crippen molar-refractivity contribution in [3.63, 3.8) is 0 Å². The molecule has 7 heteroatoms. The van der Waals surface area contributed by atoms with Gasteiger partial charge in [0, 0.05) is 25.2 Å². The quantitative estimate of drug-likeness (QED) is 0.911. The number of ether oxygens (including phenoxy) is 1. The van der Waals surface area contributed by atoms with Gasteiger partial charge in [-0.05, 0) is 44.0 Å². The Morgan fingerprint density at radius 1 is 1.19 bits per heavy atom. The highest BCUT2D eigenvalue weighted by Gasteiger charge is 2.26. The summed E-state index contributed by atoms with van der Waals surface area (Å²) in [6.07, 6.45) is 1.54. The van der Waals surface area contributed by atoms with Crippen molar-refractivity contribution in [2.24, 2.45) is 0 Å². The molecular formula is C19H24N4O3. The maximum Gasteiger partial charge on any atom is 0.274 e. The number of nitrogens with one attached hydrogen (secondary N) is 1. The van der Waals surface area contributed by atoms with Gasteiger partial charge >= 0.3 is 0 Å². The molecule has 0 aliphatic carbocycles. The van der Waals surface area contributed by atoms with Crippen LogP contribution >= 0.6 is 0 Å². The van der Waals surface area contributed by atoms with Gasteiger partial charge in [0.2, 0.25) is 0 Å². The Morgan fingerprint density at radius 2 is 1.92 bits per heavy atom. The van der Waals surface area contributed by atoms with Gasteiger partial charge in [0.05, 0.1) is 25.1 Å². The van der Waals surface area contributed by atoms with Crippen LogP contribution in [0.2, 0.25) is 0 Å². The minimum Gasteiger partial charge on any atom is -0.378 e. The third-order valence-electron chi connectivity index (χ3n) is 4.66. The van der Waals surface area contributed by atoms with Crippen LogP contribution < -0.4 is 5.32 Å². The molecule has 1 aliphatic rings. The molecule has 0 saturated carbocycles. The third-order valence-corrected chi connectivity index (χ3v) is 4.66. The zero-order chi connectivity index (χ0) is 18.7. The van der Waals surface area contributed by atoms with E-state index in [2.05, 4.69) is 10.4 Å². The van der Waals surface area contributed by atoms with Crippen LogP contribution in [0.1, 0.15) is 38.9 Å². The predicted octanol–water partition coefficient (Wildman–Crippen LogP) is 2.24. The van der Waals surface area contributed by atoms with Gasteiger partial charge in [-0.2, -0.15) is 5.10 Å². The summed E-state index contributed by atoms with van der Waals surface area (Å²) >= 11 is 0. The summed E-state index contributed by atoms with van der Waals surface area (Å²) in [6, 6.07) is 5.54. The van der Waals surface area contributed by atoms with Crippen LogP contribution in [-0.4, -0.2) is 52.8 Å². The number of aryl methyl sites for hydroxylation is 3. The Kier molecular flexibility index (Phi) is 5.37. The molecule has 3 rings (SSSR count). The maximum atomic E-state index is 12.9. The lowest BCUT2D eigenvalue weighted by Crippen LogP contribution is -2.41. The van der Waals surface area contributed by atoms with E-state index in [1.165, 1.54) is 6.20 Å². The number of aromatic nitrogens is 2. The summed E-state index contributed by atoms with van der Waals surface area (Å²) in [7, 11) is 0. The SMILES string of the molecule is CCn1ncc(NC(=O)c2ccc(C)c(C)c2)c1C(=O)N1CCOCC1. The van der Waals surface area contributed by atoms with E-state index < -0.39 is 0 Å². The van der Waals surface area contributed by atoms with Crippen LogP contribution in [0.4, 0.5) is 5.69 Å². The van der Waals surface area contributed by atoms with E-state index in [1.54, 1.807) is 15.6 Å². The first kappa shape index (κ1) is 18.1. The van der Waals surface area contributed by atoms with Crippen LogP contribution in [0.25, 0.3) is 0 Å². The summed E-state index contributed by atoms with van der Waals surface area (Å²) in [5.41, 5.74) is 3.58. The van der Waals surface area contributed by atoms with E-state index in [0.29, 0.717) is 49.8 Å². The Bertz CT molecular complexity index is 822. The molecule has 1 N–H and O–H groups in total. The molecule has 1 saturated heterocycles. The Morgan fingerprint density at radius 3 is 2.58 bits per heavy atom. The van der Waals surface area contributed by atoms with Gasteiger partial charge in [0.1, 0.15) is 5.69 Å². The maximum absolute atomic E-state index is 12.9. The van der Waals surface area contributed by atoms with Crippen LogP contribution in [0.5, 0.6) is 0 Å². The van der Waals surface area contributed by atoms with Gasteiger partial charge in [-0.3, -0.25) is 14.3 Å². The number of anilines is 1. The van der Waals surface area contributed by atoms with E-state index in [1.807, 2.05) is 32.9 Å². The van der Waals surface area contributed by atoms with Gasteiger partial charge in [-0.15, -0.1) is 0 Å². The highest BCUT2D eigenvalue weighted by atomic mass is 16.5. The first-order valence-electron chi connectivity index (χ1n) is 8.82. The highest BCUT2D eigenvalue weighted by molar-refractivity contribution is 6.08. The zero-order valence-electron chi connectivity index (χ0n) is 15.4. The van der Waals surface area contributed by atoms with Crippen molar-refractivity contribution in [1.82, 2.24) is 14.7 Å². The molecule has 138 valence electrons. The van der Waals surface area contributed by atoms with Crippen molar-refractivity contribution in [3.8, 4) is 0 Å².